The van der Waals surface area contributed by atoms with Crippen LogP contribution in [0.25, 0.3) is 0 Å². The molecule has 1 aromatic heterocycles. The van der Waals surface area contributed by atoms with Crippen LogP contribution in [0.1, 0.15) is 31.2 Å². The summed E-state index contributed by atoms with van der Waals surface area (Å²) in [7, 11) is 0. The summed E-state index contributed by atoms with van der Waals surface area (Å²) in [5.74, 6) is 0.999. The van der Waals surface area contributed by atoms with Crippen molar-refractivity contribution in [2.45, 2.75) is 38.3 Å². The largest absolute Gasteiger partial charge is 0.472 e. The van der Waals surface area contributed by atoms with Crippen LogP contribution >= 0.6 is 0 Å². The van der Waals surface area contributed by atoms with Gasteiger partial charge in [-0.25, -0.2) is 0 Å². The number of nitrogens with one attached hydrogen (secondary N) is 1. The molecule has 0 spiro atoms. The molecule has 0 aromatic carbocycles. The number of likely N-dealkylation sites (tertiary alicyclic amines) is 1. The van der Waals surface area contributed by atoms with E-state index < -0.39 is 0 Å². The number of nitrogens with zero attached hydrogens (tertiary/aromatic N) is 1. The van der Waals surface area contributed by atoms with Crippen LogP contribution in [0.3, 0.4) is 0 Å². The van der Waals surface area contributed by atoms with Gasteiger partial charge in [-0.3, -0.25) is 4.90 Å². The molecule has 1 saturated heterocycles. The molecule has 1 saturated carbocycles. The second-order valence-electron chi connectivity index (χ2n) is 5.53. The predicted molar refractivity (Wildman–Crippen MR) is 67.7 cm³/mol. The van der Waals surface area contributed by atoms with E-state index in [1.165, 1.54) is 50.9 Å². The van der Waals surface area contributed by atoms with E-state index in [1.807, 2.05) is 6.26 Å². The van der Waals surface area contributed by atoms with E-state index in [-0.39, 0.29) is 0 Å². The van der Waals surface area contributed by atoms with E-state index in [1.54, 1.807) is 6.26 Å². The average Bonchev–Trinajstić information content (AvgIpc) is 3.05. The van der Waals surface area contributed by atoms with E-state index in [0.29, 0.717) is 0 Å². The normalized spacial score (nSPS) is 23.1. The fraction of sp³-hybridized carbons (Fsp3) is 0.714. The van der Waals surface area contributed by atoms with Crippen molar-refractivity contribution in [3.63, 3.8) is 0 Å². The minimum Gasteiger partial charge on any atom is -0.472 e. The van der Waals surface area contributed by atoms with Gasteiger partial charge in [0.05, 0.1) is 12.5 Å². The Morgan fingerprint density at radius 2 is 2.06 bits per heavy atom. The van der Waals surface area contributed by atoms with Crippen LogP contribution < -0.4 is 5.32 Å². The van der Waals surface area contributed by atoms with Crippen LogP contribution in [0.4, 0.5) is 0 Å². The van der Waals surface area contributed by atoms with Gasteiger partial charge in [-0.2, -0.15) is 0 Å². The van der Waals surface area contributed by atoms with E-state index >= 15 is 0 Å². The lowest BCUT2D eigenvalue weighted by Gasteiger charge is -2.32. The molecule has 0 unspecified atom stereocenters. The highest BCUT2D eigenvalue weighted by atomic mass is 16.3. The van der Waals surface area contributed by atoms with Crippen LogP contribution in [0.5, 0.6) is 0 Å². The van der Waals surface area contributed by atoms with Gasteiger partial charge < -0.3 is 9.73 Å². The third-order valence-corrected chi connectivity index (χ3v) is 3.97. The maximum absolute atomic E-state index is 5.11. The first-order valence-corrected chi connectivity index (χ1v) is 6.87. The quantitative estimate of drug-likeness (QED) is 0.847. The summed E-state index contributed by atoms with van der Waals surface area (Å²) in [6.45, 7) is 4.74. The van der Waals surface area contributed by atoms with Gasteiger partial charge in [0.2, 0.25) is 0 Å². The molecule has 94 valence electrons. The van der Waals surface area contributed by atoms with Crippen LogP contribution in [0.2, 0.25) is 0 Å². The average molecular weight is 234 g/mol. The van der Waals surface area contributed by atoms with Crippen LogP contribution in [-0.4, -0.2) is 30.6 Å². The first kappa shape index (κ1) is 11.3. The smallest absolute Gasteiger partial charge is 0.0947 e. The zero-order chi connectivity index (χ0) is 11.5. The summed E-state index contributed by atoms with van der Waals surface area (Å²) in [5.41, 5.74) is 1.30. The lowest BCUT2D eigenvalue weighted by Crippen LogP contribution is -2.42. The molecule has 2 aliphatic rings. The maximum atomic E-state index is 5.11. The van der Waals surface area contributed by atoms with E-state index in [9.17, 15) is 0 Å². The molecule has 1 aliphatic heterocycles. The summed E-state index contributed by atoms with van der Waals surface area (Å²) in [6.07, 6.45) is 9.12. The molecular weight excluding hydrogens is 212 g/mol. The predicted octanol–water partition coefficient (Wildman–Crippen LogP) is 2.24. The van der Waals surface area contributed by atoms with Crippen molar-refractivity contribution in [3.05, 3.63) is 24.2 Å². The SMILES string of the molecule is c1cc(CN2CCC(NCC3CC3)CC2)co1. The lowest BCUT2D eigenvalue weighted by molar-refractivity contribution is 0.190. The fourth-order valence-corrected chi connectivity index (χ4v) is 2.59. The topological polar surface area (TPSA) is 28.4 Å². The first-order valence-electron chi connectivity index (χ1n) is 6.87. The third-order valence-electron chi connectivity index (χ3n) is 3.97. The van der Waals surface area contributed by atoms with Gasteiger partial charge in [-0.05, 0) is 57.3 Å². The van der Waals surface area contributed by atoms with Crippen LogP contribution in [-0.2, 0) is 6.54 Å². The monoisotopic (exact) mass is 234 g/mol. The van der Waals surface area contributed by atoms with Crippen molar-refractivity contribution in [1.82, 2.24) is 10.2 Å². The highest BCUT2D eigenvalue weighted by Gasteiger charge is 2.24. The Morgan fingerprint density at radius 3 is 2.71 bits per heavy atom. The van der Waals surface area contributed by atoms with Gasteiger partial charge in [0, 0.05) is 18.2 Å². The van der Waals surface area contributed by atoms with Gasteiger partial charge in [-0.15, -0.1) is 0 Å². The number of piperidine rings is 1. The summed E-state index contributed by atoms with van der Waals surface area (Å²) in [5, 5.41) is 3.72. The number of hydrogen-bond acceptors (Lipinski definition) is 3. The Labute approximate surface area is 103 Å². The molecule has 0 amide bonds. The van der Waals surface area contributed by atoms with Crippen molar-refractivity contribution in [3.8, 4) is 0 Å². The molecule has 1 aromatic rings. The van der Waals surface area contributed by atoms with Gasteiger partial charge in [0.1, 0.15) is 0 Å². The van der Waals surface area contributed by atoms with Crippen molar-refractivity contribution in [1.29, 1.82) is 0 Å². The number of hydrogen-bond donors (Lipinski definition) is 1. The highest BCUT2D eigenvalue weighted by molar-refractivity contribution is 5.05. The van der Waals surface area contributed by atoms with Gasteiger partial charge in [-0.1, -0.05) is 0 Å². The molecule has 17 heavy (non-hydrogen) atoms. The van der Waals surface area contributed by atoms with E-state index in [2.05, 4.69) is 16.3 Å². The summed E-state index contributed by atoms with van der Waals surface area (Å²) < 4.78 is 5.11. The van der Waals surface area contributed by atoms with Crippen molar-refractivity contribution in [2.24, 2.45) is 5.92 Å². The van der Waals surface area contributed by atoms with E-state index in [0.717, 1.165) is 18.5 Å². The summed E-state index contributed by atoms with van der Waals surface area (Å²) in [6, 6.07) is 2.83. The summed E-state index contributed by atoms with van der Waals surface area (Å²) in [4.78, 5) is 2.53. The molecule has 2 fully saturated rings. The van der Waals surface area contributed by atoms with Crippen LogP contribution in [0, 0.1) is 5.92 Å². The first-order chi connectivity index (χ1) is 8.40. The lowest BCUT2D eigenvalue weighted by atomic mass is 10.0. The minimum absolute atomic E-state index is 0.760. The molecule has 0 bridgehead atoms. The minimum atomic E-state index is 0.760. The second kappa shape index (κ2) is 5.23. The summed E-state index contributed by atoms with van der Waals surface area (Å²) >= 11 is 0. The van der Waals surface area contributed by atoms with Crippen LogP contribution in [0.15, 0.2) is 23.0 Å². The molecule has 0 radical (unpaired) electrons. The Bertz CT molecular complexity index is 324. The Balaban J connectivity index is 1.37. The van der Waals surface area contributed by atoms with Gasteiger partial charge in [0.15, 0.2) is 0 Å². The molecule has 3 heteroatoms. The molecular formula is C14H22N2O. The molecule has 1 N–H and O–H groups in total. The second-order valence-corrected chi connectivity index (χ2v) is 5.53. The van der Waals surface area contributed by atoms with Crippen molar-refractivity contribution in [2.75, 3.05) is 19.6 Å². The number of rotatable bonds is 5. The van der Waals surface area contributed by atoms with Crippen molar-refractivity contribution >= 4 is 0 Å². The molecule has 2 heterocycles. The van der Waals surface area contributed by atoms with E-state index in [4.69, 9.17) is 4.42 Å². The molecule has 3 nitrogen and oxygen atoms in total. The third kappa shape index (κ3) is 3.33. The zero-order valence-electron chi connectivity index (χ0n) is 10.4. The highest BCUT2D eigenvalue weighted by Crippen LogP contribution is 2.28. The fourth-order valence-electron chi connectivity index (χ4n) is 2.59. The van der Waals surface area contributed by atoms with Crippen molar-refractivity contribution < 1.29 is 4.42 Å². The van der Waals surface area contributed by atoms with Gasteiger partial charge >= 0.3 is 0 Å². The van der Waals surface area contributed by atoms with Gasteiger partial charge in [0.25, 0.3) is 0 Å². The Hall–Kier alpha value is -0.800. The maximum Gasteiger partial charge on any atom is 0.0947 e. The zero-order valence-corrected chi connectivity index (χ0v) is 10.4. The Kier molecular flexibility index (Phi) is 3.48. The standard InChI is InChI=1S/C14H22N2O/c1-2-12(1)9-15-14-3-6-16(7-4-14)10-13-5-8-17-11-13/h5,8,11-12,14-15H,1-4,6-7,9-10H2. The Morgan fingerprint density at radius 1 is 1.24 bits per heavy atom. The molecule has 3 rings (SSSR count). The molecule has 1 aliphatic carbocycles. The number of furan rings is 1. The molecule has 0 atom stereocenters.